The summed E-state index contributed by atoms with van der Waals surface area (Å²) in [6, 6.07) is 10.9. The van der Waals surface area contributed by atoms with E-state index in [2.05, 4.69) is 10.6 Å². The minimum absolute atomic E-state index is 0.00177. The van der Waals surface area contributed by atoms with Crippen LogP contribution in [-0.4, -0.2) is 58.7 Å². The van der Waals surface area contributed by atoms with Crippen LogP contribution in [0.25, 0.3) is 11.0 Å². The highest BCUT2D eigenvalue weighted by molar-refractivity contribution is 6.35. The molecule has 230 valence electrons. The average Bonchev–Trinajstić information content (AvgIpc) is 3.35. The summed E-state index contributed by atoms with van der Waals surface area (Å²) in [5.41, 5.74) is -0.0812. The van der Waals surface area contributed by atoms with Gasteiger partial charge in [0.1, 0.15) is 0 Å². The molecule has 0 bridgehead atoms. The van der Waals surface area contributed by atoms with Gasteiger partial charge >= 0.3 is 12.1 Å². The van der Waals surface area contributed by atoms with Crippen molar-refractivity contribution in [2.24, 2.45) is 0 Å². The fourth-order valence-electron chi connectivity index (χ4n) is 5.01. The Labute approximate surface area is 247 Å². The van der Waals surface area contributed by atoms with E-state index in [1.165, 1.54) is 23.1 Å². The van der Waals surface area contributed by atoms with Gasteiger partial charge in [0, 0.05) is 18.0 Å². The van der Waals surface area contributed by atoms with Crippen molar-refractivity contribution in [1.82, 2.24) is 10.2 Å². The highest BCUT2D eigenvalue weighted by Gasteiger charge is 2.44. The van der Waals surface area contributed by atoms with Gasteiger partial charge in [-0.1, -0.05) is 35.9 Å². The van der Waals surface area contributed by atoms with Crippen LogP contribution in [0.3, 0.4) is 0 Å². The molecule has 0 saturated carbocycles. The van der Waals surface area contributed by atoms with Gasteiger partial charge in [-0.05, 0) is 50.5 Å². The maximum Gasteiger partial charge on any atom is 0.490 e. The Morgan fingerprint density at radius 2 is 1.91 bits per heavy atom. The molecule has 0 aliphatic carbocycles. The van der Waals surface area contributed by atoms with Crippen molar-refractivity contribution in [2.75, 3.05) is 11.9 Å². The number of guanidine groups is 1. The van der Waals surface area contributed by atoms with Gasteiger partial charge in [0.25, 0.3) is 5.91 Å². The first-order valence-electron chi connectivity index (χ1n) is 13.0. The molecule has 3 atom stereocenters. The van der Waals surface area contributed by atoms with E-state index in [-0.39, 0.29) is 46.8 Å². The number of carbonyl (C=O) groups excluding carboxylic acids is 2. The Morgan fingerprint density at radius 1 is 1.23 bits per heavy atom. The number of carboxylic acids is 1. The molecule has 1 aromatic heterocycles. The second-order valence-corrected chi connectivity index (χ2v) is 10.7. The van der Waals surface area contributed by atoms with Crippen LogP contribution >= 0.6 is 11.6 Å². The Kier molecular flexibility index (Phi) is 9.02. The minimum Gasteiger partial charge on any atom is -0.475 e. The zero-order valence-electron chi connectivity index (χ0n) is 22.9. The molecule has 2 saturated heterocycles. The number of fused-ring (bicyclic) bond motifs is 1. The fourth-order valence-corrected chi connectivity index (χ4v) is 5.40. The number of para-hydroxylation sites is 1. The maximum atomic E-state index is 14.0. The number of amides is 2. The number of carboxylic acid groups (broad SMARTS) is 1. The first-order chi connectivity index (χ1) is 20.1. The molecule has 43 heavy (non-hydrogen) atoms. The molecular weight excluding hydrogens is 600 g/mol. The van der Waals surface area contributed by atoms with Crippen molar-refractivity contribution in [2.45, 2.75) is 57.0 Å². The van der Waals surface area contributed by atoms with Crippen LogP contribution in [0.15, 0.2) is 46.9 Å². The molecule has 3 aromatic rings. The summed E-state index contributed by atoms with van der Waals surface area (Å²) in [6.45, 7) is 4.31. The lowest BCUT2D eigenvalue weighted by molar-refractivity contribution is -0.192. The Hall–Kier alpha value is -4.17. The molecule has 2 aliphatic rings. The number of furan rings is 1. The summed E-state index contributed by atoms with van der Waals surface area (Å²) in [5.74, 6) is -4.11. The van der Waals surface area contributed by atoms with E-state index in [1.54, 1.807) is 31.2 Å². The fraction of sp³-hybridized carbons (Fsp3) is 0.357. The zero-order valence-corrected chi connectivity index (χ0v) is 23.6. The average molecular weight is 627 g/mol. The van der Waals surface area contributed by atoms with Crippen LogP contribution in [0.5, 0.6) is 0 Å². The van der Waals surface area contributed by atoms with Crippen LogP contribution in [0.4, 0.5) is 23.2 Å². The number of aliphatic carboxylic acids is 1. The van der Waals surface area contributed by atoms with E-state index in [1.807, 2.05) is 6.92 Å². The van der Waals surface area contributed by atoms with Crippen molar-refractivity contribution in [3.8, 4) is 0 Å². The van der Waals surface area contributed by atoms with E-state index < -0.39 is 29.4 Å². The highest BCUT2D eigenvalue weighted by Crippen LogP contribution is 2.39. The van der Waals surface area contributed by atoms with Gasteiger partial charge in [-0.2, -0.15) is 13.2 Å². The third-order valence-corrected chi connectivity index (χ3v) is 7.44. The predicted molar refractivity (Wildman–Crippen MR) is 147 cm³/mol. The lowest BCUT2D eigenvalue weighted by Crippen LogP contribution is -2.63. The maximum absolute atomic E-state index is 14.0. The summed E-state index contributed by atoms with van der Waals surface area (Å²) in [7, 11) is 0. The first kappa shape index (κ1) is 31.8. The van der Waals surface area contributed by atoms with E-state index in [4.69, 9.17) is 36.1 Å². The number of nitrogens with one attached hydrogen (secondary N) is 3. The van der Waals surface area contributed by atoms with Gasteiger partial charge in [0.05, 0.1) is 28.8 Å². The molecule has 2 amide bonds. The first-order valence-corrected chi connectivity index (χ1v) is 13.4. The van der Waals surface area contributed by atoms with Gasteiger partial charge in [0.15, 0.2) is 23.1 Å². The number of anilines is 1. The SMILES string of the molecule is C[C@@H]1C[C@H](N2C(=N)N[C@](C)(c3cccc(NC(=O)c4cc5cccc(F)c5o4)c3Cl)CC2=O)CCO1.O=C(O)C(F)(F)F. The van der Waals surface area contributed by atoms with Gasteiger partial charge < -0.3 is 24.9 Å². The number of ether oxygens (including phenoxy) is 1. The summed E-state index contributed by atoms with van der Waals surface area (Å²) >= 11 is 6.71. The molecule has 0 unspecified atom stereocenters. The summed E-state index contributed by atoms with van der Waals surface area (Å²) < 4.78 is 56.7. The Morgan fingerprint density at radius 3 is 2.51 bits per heavy atom. The van der Waals surface area contributed by atoms with Crippen LogP contribution in [-0.2, 0) is 19.9 Å². The zero-order chi connectivity index (χ0) is 31.7. The second kappa shape index (κ2) is 12.2. The van der Waals surface area contributed by atoms with Crippen LogP contribution in [0.2, 0.25) is 5.02 Å². The van der Waals surface area contributed by atoms with E-state index in [9.17, 15) is 27.2 Å². The highest BCUT2D eigenvalue weighted by atomic mass is 35.5. The van der Waals surface area contributed by atoms with Crippen molar-refractivity contribution in [1.29, 1.82) is 5.41 Å². The smallest absolute Gasteiger partial charge is 0.475 e. The minimum atomic E-state index is -5.08. The molecule has 2 fully saturated rings. The topological polar surface area (TPSA) is 145 Å². The number of alkyl halides is 3. The second-order valence-electron chi connectivity index (χ2n) is 10.3. The number of nitrogens with zero attached hydrogens (tertiary/aromatic N) is 1. The molecule has 10 nitrogen and oxygen atoms in total. The standard InChI is InChI=1S/C26H26ClFN4O4.C2HF3O2/c1-14-11-16(9-10-35-14)32-21(33)13-26(2,31-25(32)29)17-6-4-8-19(22(17)27)30-24(34)20-12-15-5-3-7-18(28)23(15)36-20;3-2(4,5)1(6)7/h3-8,12,14,16H,9-11,13H2,1-2H3,(H2,29,31)(H,30,34);(H,6,7)/t14-,16-,26+;/m1./s1. The molecule has 5 rings (SSSR count). The van der Waals surface area contributed by atoms with Crippen LogP contribution in [0, 0.1) is 11.2 Å². The van der Waals surface area contributed by atoms with E-state index in [0.717, 1.165) is 0 Å². The molecule has 15 heteroatoms. The number of carbonyl (C=O) groups is 3. The van der Waals surface area contributed by atoms with Crippen LogP contribution in [0.1, 0.15) is 49.2 Å². The number of rotatable bonds is 4. The lowest BCUT2D eigenvalue weighted by atomic mass is 9.85. The summed E-state index contributed by atoms with van der Waals surface area (Å²) in [4.78, 5) is 36.5. The van der Waals surface area contributed by atoms with Gasteiger partial charge in [-0.25, -0.2) is 9.18 Å². The predicted octanol–water partition coefficient (Wildman–Crippen LogP) is 5.65. The van der Waals surface area contributed by atoms with Gasteiger partial charge in [-0.3, -0.25) is 19.9 Å². The molecule has 0 radical (unpaired) electrons. The van der Waals surface area contributed by atoms with Crippen LogP contribution < -0.4 is 10.6 Å². The van der Waals surface area contributed by atoms with Crippen molar-refractivity contribution in [3.05, 3.63) is 64.6 Å². The van der Waals surface area contributed by atoms with Crippen molar-refractivity contribution in [3.63, 3.8) is 0 Å². The number of halogens is 5. The Balaban J connectivity index is 0.000000541. The molecule has 2 aromatic carbocycles. The lowest BCUT2D eigenvalue weighted by Gasteiger charge is -2.45. The summed E-state index contributed by atoms with van der Waals surface area (Å²) in [6.07, 6.45) is -3.64. The van der Waals surface area contributed by atoms with E-state index in [0.29, 0.717) is 36.1 Å². The number of benzene rings is 2. The Bertz CT molecular complexity index is 1560. The third kappa shape index (κ3) is 6.91. The number of hydrogen-bond acceptors (Lipinski definition) is 6. The summed E-state index contributed by atoms with van der Waals surface area (Å²) in [5, 5.41) is 22.3. The molecule has 3 heterocycles. The van der Waals surface area contributed by atoms with E-state index >= 15 is 0 Å². The third-order valence-electron chi connectivity index (χ3n) is 7.03. The molecule has 2 aliphatic heterocycles. The largest absolute Gasteiger partial charge is 0.490 e. The molecular formula is C28H27ClF4N4O6. The van der Waals surface area contributed by atoms with Crippen molar-refractivity contribution < 1.29 is 46.2 Å². The molecule has 4 N–H and O–H groups in total. The van der Waals surface area contributed by atoms with Crippen molar-refractivity contribution >= 4 is 52.0 Å². The molecule has 0 spiro atoms. The van der Waals surface area contributed by atoms with Gasteiger partial charge in [0.2, 0.25) is 5.91 Å². The quantitative estimate of drug-likeness (QED) is 0.274. The number of hydrogen-bond donors (Lipinski definition) is 4. The van der Waals surface area contributed by atoms with Gasteiger partial charge in [-0.15, -0.1) is 0 Å². The monoisotopic (exact) mass is 626 g/mol. The normalized spacial score (nSPS) is 22.4.